The highest BCUT2D eigenvalue weighted by Crippen LogP contribution is 2.21. The number of hydrogen-bond donors (Lipinski definition) is 2. The van der Waals surface area contributed by atoms with E-state index in [0.717, 1.165) is 5.56 Å². The monoisotopic (exact) mass is 338 g/mol. The molecule has 5 nitrogen and oxygen atoms in total. The van der Waals surface area contributed by atoms with Crippen molar-refractivity contribution in [3.8, 4) is 0 Å². The molecule has 0 atom stereocenters. The van der Waals surface area contributed by atoms with Gasteiger partial charge in [-0.15, -0.1) is 0 Å². The third kappa shape index (κ3) is 4.08. The zero-order valence-corrected chi connectivity index (χ0v) is 13.5. The Morgan fingerprint density at radius 2 is 1.75 bits per heavy atom. The summed E-state index contributed by atoms with van der Waals surface area (Å²) in [4.78, 5) is 20.5. The Balaban J connectivity index is 1.68. The van der Waals surface area contributed by atoms with Crippen molar-refractivity contribution in [2.45, 2.75) is 6.54 Å². The molecular formula is C18H15ClN4O. The van der Waals surface area contributed by atoms with Crippen LogP contribution in [0.25, 0.3) is 0 Å². The van der Waals surface area contributed by atoms with Crippen molar-refractivity contribution >= 4 is 29.0 Å². The molecular weight excluding hydrogens is 324 g/mol. The minimum atomic E-state index is -0.340. The van der Waals surface area contributed by atoms with Crippen molar-refractivity contribution in [3.63, 3.8) is 0 Å². The van der Waals surface area contributed by atoms with E-state index in [1.165, 1.54) is 6.33 Å². The zero-order valence-electron chi connectivity index (χ0n) is 12.7. The lowest BCUT2D eigenvalue weighted by atomic mass is 10.2. The molecule has 3 rings (SSSR count). The van der Waals surface area contributed by atoms with E-state index in [0.29, 0.717) is 23.1 Å². The van der Waals surface area contributed by atoms with Gasteiger partial charge in [0.15, 0.2) is 0 Å². The summed E-state index contributed by atoms with van der Waals surface area (Å²) >= 11 is 6.04. The Kier molecular flexibility index (Phi) is 5.03. The fourth-order valence-electron chi connectivity index (χ4n) is 2.12. The van der Waals surface area contributed by atoms with Gasteiger partial charge in [0, 0.05) is 12.6 Å². The van der Waals surface area contributed by atoms with Gasteiger partial charge in [0.25, 0.3) is 5.91 Å². The normalized spacial score (nSPS) is 10.2. The SMILES string of the molecule is O=C(Nc1ccccc1Cl)c1cc(NCc2ccccc2)ncn1. The van der Waals surface area contributed by atoms with Crippen LogP contribution in [0.5, 0.6) is 0 Å². The lowest BCUT2D eigenvalue weighted by Gasteiger charge is -2.08. The van der Waals surface area contributed by atoms with Gasteiger partial charge in [-0.3, -0.25) is 4.79 Å². The minimum Gasteiger partial charge on any atom is -0.366 e. The number of carbonyl (C=O) groups is 1. The van der Waals surface area contributed by atoms with Gasteiger partial charge < -0.3 is 10.6 Å². The van der Waals surface area contributed by atoms with E-state index in [-0.39, 0.29) is 11.6 Å². The third-order valence-corrected chi connectivity index (χ3v) is 3.67. The zero-order chi connectivity index (χ0) is 16.8. The summed E-state index contributed by atoms with van der Waals surface area (Å²) in [5, 5.41) is 6.39. The standard InChI is InChI=1S/C18H15ClN4O/c19-14-8-4-5-9-15(14)23-18(24)16-10-17(22-12-21-16)20-11-13-6-2-1-3-7-13/h1-10,12H,11H2,(H,23,24)(H,20,21,22). The molecule has 0 aliphatic rings. The van der Waals surface area contributed by atoms with Gasteiger partial charge in [0.05, 0.1) is 10.7 Å². The van der Waals surface area contributed by atoms with Crippen LogP contribution >= 0.6 is 11.6 Å². The maximum Gasteiger partial charge on any atom is 0.274 e. The van der Waals surface area contributed by atoms with Crippen molar-refractivity contribution in [1.29, 1.82) is 0 Å². The highest BCUT2D eigenvalue weighted by atomic mass is 35.5. The lowest BCUT2D eigenvalue weighted by Crippen LogP contribution is -2.15. The molecule has 0 spiro atoms. The lowest BCUT2D eigenvalue weighted by molar-refractivity contribution is 0.102. The first kappa shape index (κ1) is 16.0. The first-order valence-electron chi connectivity index (χ1n) is 7.38. The number of hydrogen-bond acceptors (Lipinski definition) is 4. The minimum absolute atomic E-state index is 0.264. The Labute approximate surface area is 144 Å². The van der Waals surface area contributed by atoms with Gasteiger partial charge in [0.1, 0.15) is 17.8 Å². The van der Waals surface area contributed by atoms with Gasteiger partial charge in [-0.05, 0) is 17.7 Å². The highest BCUT2D eigenvalue weighted by Gasteiger charge is 2.10. The van der Waals surface area contributed by atoms with E-state index >= 15 is 0 Å². The molecule has 0 aliphatic heterocycles. The van der Waals surface area contributed by atoms with Crippen LogP contribution in [0.2, 0.25) is 5.02 Å². The van der Waals surface area contributed by atoms with E-state index < -0.39 is 0 Å². The van der Waals surface area contributed by atoms with Gasteiger partial charge in [-0.2, -0.15) is 0 Å². The number of carbonyl (C=O) groups excluding carboxylic acids is 1. The molecule has 2 aromatic carbocycles. The van der Waals surface area contributed by atoms with Crippen molar-refractivity contribution in [1.82, 2.24) is 9.97 Å². The molecule has 2 N–H and O–H groups in total. The molecule has 0 fully saturated rings. The van der Waals surface area contributed by atoms with Crippen LogP contribution < -0.4 is 10.6 Å². The topological polar surface area (TPSA) is 66.9 Å². The van der Waals surface area contributed by atoms with E-state index in [2.05, 4.69) is 20.6 Å². The van der Waals surface area contributed by atoms with Gasteiger partial charge in [-0.1, -0.05) is 54.1 Å². The second-order valence-electron chi connectivity index (χ2n) is 5.06. The van der Waals surface area contributed by atoms with Crippen molar-refractivity contribution in [2.75, 3.05) is 10.6 Å². The fraction of sp³-hybridized carbons (Fsp3) is 0.0556. The molecule has 120 valence electrons. The molecule has 0 bridgehead atoms. The fourth-order valence-corrected chi connectivity index (χ4v) is 2.30. The van der Waals surface area contributed by atoms with Gasteiger partial charge in [0.2, 0.25) is 0 Å². The van der Waals surface area contributed by atoms with E-state index in [4.69, 9.17) is 11.6 Å². The molecule has 0 unspecified atom stereocenters. The quantitative estimate of drug-likeness (QED) is 0.738. The number of aromatic nitrogens is 2. The molecule has 0 saturated carbocycles. The average Bonchev–Trinajstić information content (AvgIpc) is 2.63. The number of amides is 1. The summed E-state index contributed by atoms with van der Waals surface area (Å²) in [6.07, 6.45) is 1.36. The van der Waals surface area contributed by atoms with Crippen molar-refractivity contribution < 1.29 is 4.79 Å². The largest absolute Gasteiger partial charge is 0.366 e. The summed E-state index contributed by atoms with van der Waals surface area (Å²) in [5.41, 5.74) is 1.93. The van der Waals surface area contributed by atoms with Crippen LogP contribution in [0, 0.1) is 0 Å². The van der Waals surface area contributed by atoms with Crippen LogP contribution in [0.3, 0.4) is 0 Å². The number of anilines is 2. The molecule has 0 aliphatic carbocycles. The molecule has 1 heterocycles. The van der Waals surface area contributed by atoms with E-state index in [1.54, 1.807) is 30.3 Å². The number of benzene rings is 2. The molecule has 6 heteroatoms. The summed E-state index contributed by atoms with van der Waals surface area (Å²) in [7, 11) is 0. The molecule has 0 radical (unpaired) electrons. The number of nitrogens with one attached hydrogen (secondary N) is 2. The Bertz CT molecular complexity index is 839. The summed E-state index contributed by atoms with van der Waals surface area (Å²) in [6, 6.07) is 18.6. The Morgan fingerprint density at radius 1 is 1.00 bits per heavy atom. The maximum atomic E-state index is 12.3. The Morgan fingerprint density at radius 3 is 2.54 bits per heavy atom. The van der Waals surface area contributed by atoms with E-state index in [1.807, 2.05) is 30.3 Å². The highest BCUT2D eigenvalue weighted by molar-refractivity contribution is 6.33. The molecule has 24 heavy (non-hydrogen) atoms. The van der Waals surface area contributed by atoms with Crippen molar-refractivity contribution in [3.05, 3.63) is 83.3 Å². The van der Waals surface area contributed by atoms with E-state index in [9.17, 15) is 4.79 Å². The average molecular weight is 339 g/mol. The molecule has 1 aromatic heterocycles. The van der Waals surface area contributed by atoms with Crippen LogP contribution in [0.4, 0.5) is 11.5 Å². The first-order chi connectivity index (χ1) is 11.7. The maximum absolute atomic E-state index is 12.3. The molecule has 0 saturated heterocycles. The van der Waals surface area contributed by atoms with Crippen LogP contribution in [0.15, 0.2) is 67.0 Å². The van der Waals surface area contributed by atoms with Gasteiger partial charge in [-0.25, -0.2) is 9.97 Å². The molecule has 3 aromatic rings. The number of halogens is 1. The Hall–Kier alpha value is -2.92. The number of rotatable bonds is 5. The van der Waals surface area contributed by atoms with Crippen LogP contribution in [-0.4, -0.2) is 15.9 Å². The predicted octanol–water partition coefficient (Wildman–Crippen LogP) is 3.99. The summed E-state index contributed by atoms with van der Waals surface area (Å²) in [5.74, 6) is 0.242. The van der Waals surface area contributed by atoms with Gasteiger partial charge >= 0.3 is 0 Å². The third-order valence-electron chi connectivity index (χ3n) is 3.34. The smallest absolute Gasteiger partial charge is 0.274 e. The summed E-state index contributed by atoms with van der Waals surface area (Å²) < 4.78 is 0. The number of nitrogens with zero attached hydrogens (tertiary/aromatic N) is 2. The second-order valence-corrected chi connectivity index (χ2v) is 5.47. The molecule has 1 amide bonds. The summed E-state index contributed by atoms with van der Waals surface area (Å²) in [6.45, 7) is 0.615. The predicted molar refractivity (Wildman–Crippen MR) is 95.2 cm³/mol. The first-order valence-corrected chi connectivity index (χ1v) is 7.76. The van der Waals surface area contributed by atoms with Crippen molar-refractivity contribution in [2.24, 2.45) is 0 Å². The second kappa shape index (κ2) is 7.57. The van der Waals surface area contributed by atoms with Crippen LogP contribution in [-0.2, 0) is 6.54 Å². The number of para-hydroxylation sites is 1. The van der Waals surface area contributed by atoms with Crippen LogP contribution in [0.1, 0.15) is 16.1 Å².